The molecule has 0 radical (unpaired) electrons. The van der Waals surface area contributed by atoms with E-state index in [1.807, 2.05) is 38.1 Å². The Balaban J connectivity index is 1.69. The fraction of sp³-hybridized carbons (Fsp3) is 0.444. The standard InChI is InChI=1S/C18H23NO3S2/c1-13-9-18(14(2)23-13)24(21,22)19-8-7-17(11-19)10-15-3-5-16(12-20)6-4-15/h3-6,9,17,20H,7-8,10-12H2,1-2H3. The molecule has 1 aliphatic heterocycles. The third-order valence-electron chi connectivity index (χ3n) is 4.59. The molecule has 24 heavy (non-hydrogen) atoms. The van der Waals surface area contributed by atoms with Gasteiger partial charge in [-0.25, -0.2) is 8.42 Å². The van der Waals surface area contributed by atoms with Gasteiger partial charge in [0.25, 0.3) is 0 Å². The van der Waals surface area contributed by atoms with Crippen molar-refractivity contribution < 1.29 is 13.5 Å². The number of benzene rings is 1. The van der Waals surface area contributed by atoms with Crippen molar-refractivity contribution in [3.05, 3.63) is 51.2 Å². The van der Waals surface area contributed by atoms with Gasteiger partial charge in [0.1, 0.15) is 0 Å². The zero-order chi connectivity index (χ0) is 17.3. The number of hydrogen-bond donors (Lipinski definition) is 1. The molecule has 2 aromatic rings. The molecular formula is C18H23NO3S2. The molecule has 1 aliphatic rings. The minimum Gasteiger partial charge on any atom is -0.392 e. The van der Waals surface area contributed by atoms with Crippen LogP contribution in [0.4, 0.5) is 0 Å². The zero-order valence-electron chi connectivity index (χ0n) is 14.0. The summed E-state index contributed by atoms with van der Waals surface area (Å²) in [5.74, 6) is 0.347. The van der Waals surface area contributed by atoms with E-state index in [0.717, 1.165) is 28.2 Å². The molecule has 1 unspecified atom stereocenters. The van der Waals surface area contributed by atoms with Gasteiger partial charge in [0, 0.05) is 22.8 Å². The molecule has 0 spiro atoms. The van der Waals surface area contributed by atoms with Crippen molar-refractivity contribution in [3.8, 4) is 0 Å². The van der Waals surface area contributed by atoms with Crippen molar-refractivity contribution in [3.63, 3.8) is 0 Å². The molecule has 1 aromatic carbocycles. The van der Waals surface area contributed by atoms with Crippen molar-refractivity contribution in [1.82, 2.24) is 4.31 Å². The summed E-state index contributed by atoms with van der Waals surface area (Å²) in [6.45, 7) is 5.05. The highest BCUT2D eigenvalue weighted by molar-refractivity contribution is 7.89. The lowest BCUT2D eigenvalue weighted by atomic mass is 9.98. The summed E-state index contributed by atoms with van der Waals surface area (Å²) in [7, 11) is -3.37. The molecular weight excluding hydrogens is 342 g/mol. The molecule has 0 saturated carbocycles. The lowest BCUT2D eigenvalue weighted by Crippen LogP contribution is -2.29. The van der Waals surface area contributed by atoms with Gasteiger partial charge in [-0.15, -0.1) is 11.3 Å². The predicted molar refractivity (Wildman–Crippen MR) is 96.7 cm³/mol. The van der Waals surface area contributed by atoms with Gasteiger partial charge >= 0.3 is 0 Å². The summed E-state index contributed by atoms with van der Waals surface area (Å²) in [5.41, 5.74) is 2.09. The summed E-state index contributed by atoms with van der Waals surface area (Å²) in [4.78, 5) is 2.37. The second kappa shape index (κ2) is 6.96. The monoisotopic (exact) mass is 365 g/mol. The first-order valence-corrected chi connectivity index (χ1v) is 10.4. The Morgan fingerprint density at radius 2 is 1.88 bits per heavy atom. The van der Waals surface area contributed by atoms with Gasteiger partial charge in [0.05, 0.1) is 11.5 Å². The molecule has 130 valence electrons. The van der Waals surface area contributed by atoms with E-state index in [-0.39, 0.29) is 6.61 Å². The smallest absolute Gasteiger partial charge is 0.244 e. The van der Waals surface area contributed by atoms with Gasteiger partial charge < -0.3 is 5.11 Å². The maximum absolute atomic E-state index is 12.9. The first-order chi connectivity index (χ1) is 11.4. The highest BCUT2D eigenvalue weighted by atomic mass is 32.2. The van der Waals surface area contributed by atoms with Crippen LogP contribution in [-0.4, -0.2) is 30.9 Å². The molecule has 0 bridgehead atoms. The van der Waals surface area contributed by atoms with Gasteiger partial charge in [-0.1, -0.05) is 24.3 Å². The number of rotatable bonds is 5. The molecule has 3 rings (SSSR count). The van der Waals surface area contributed by atoms with E-state index in [1.165, 1.54) is 16.9 Å². The van der Waals surface area contributed by atoms with Crippen LogP contribution in [0, 0.1) is 19.8 Å². The van der Waals surface area contributed by atoms with E-state index in [2.05, 4.69) is 0 Å². The quantitative estimate of drug-likeness (QED) is 0.886. The van der Waals surface area contributed by atoms with Crippen molar-refractivity contribution in [2.75, 3.05) is 13.1 Å². The molecule has 1 aromatic heterocycles. The van der Waals surface area contributed by atoms with Gasteiger partial charge in [0.2, 0.25) is 10.0 Å². The maximum Gasteiger partial charge on any atom is 0.244 e. The van der Waals surface area contributed by atoms with Gasteiger partial charge in [-0.05, 0) is 49.8 Å². The fourth-order valence-corrected chi connectivity index (χ4v) is 6.35. The van der Waals surface area contributed by atoms with E-state index < -0.39 is 10.0 Å². The van der Waals surface area contributed by atoms with Crippen LogP contribution in [0.25, 0.3) is 0 Å². The Kier molecular flexibility index (Phi) is 5.11. The molecule has 4 nitrogen and oxygen atoms in total. The molecule has 0 amide bonds. The average Bonchev–Trinajstić information content (AvgIpc) is 3.15. The third-order valence-corrected chi connectivity index (χ3v) is 7.68. The van der Waals surface area contributed by atoms with Crippen LogP contribution >= 0.6 is 11.3 Å². The Bertz CT molecular complexity index is 809. The van der Waals surface area contributed by atoms with Crippen LogP contribution < -0.4 is 0 Å². The molecule has 1 N–H and O–H groups in total. The van der Waals surface area contributed by atoms with Crippen LogP contribution in [0.1, 0.15) is 27.3 Å². The largest absolute Gasteiger partial charge is 0.392 e. The minimum absolute atomic E-state index is 0.0507. The maximum atomic E-state index is 12.9. The average molecular weight is 366 g/mol. The molecule has 6 heteroatoms. The van der Waals surface area contributed by atoms with Gasteiger partial charge in [0.15, 0.2) is 0 Å². The number of sulfonamides is 1. The van der Waals surface area contributed by atoms with Crippen molar-refractivity contribution in [1.29, 1.82) is 0 Å². The Morgan fingerprint density at radius 1 is 1.21 bits per heavy atom. The summed E-state index contributed by atoms with van der Waals surface area (Å²) < 4.78 is 27.3. The fourth-order valence-electron chi connectivity index (χ4n) is 3.30. The third kappa shape index (κ3) is 3.57. The van der Waals surface area contributed by atoms with Gasteiger partial charge in [-0.3, -0.25) is 0 Å². The number of aliphatic hydroxyl groups is 1. The van der Waals surface area contributed by atoms with E-state index in [0.29, 0.717) is 23.9 Å². The molecule has 2 heterocycles. The summed E-state index contributed by atoms with van der Waals surface area (Å²) in [6, 6.07) is 9.69. The van der Waals surface area contributed by atoms with E-state index in [4.69, 9.17) is 5.11 Å². The van der Waals surface area contributed by atoms with Crippen LogP contribution in [0.2, 0.25) is 0 Å². The number of nitrogens with zero attached hydrogens (tertiary/aromatic N) is 1. The molecule has 0 aliphatic carbocycles. The minimum atomic E-state index is -3.37. The Labute approximate surface area is 147 Å². The Morgan fingerprint density at radius 3 is 2.46 bits per heavy atom. The van der Waals surface area contributed by atoms with Crippen molar-refractivity contribution in [2.45, 2.75) is 38.2 Å². The van der Waals surface area contributed by atoms with Crippen LogP contribution in [-0.2, 0) is 23.1 Å². The van der Waals surface area contributed by atoms with Crippen LogP contribution in [0.15, 0.2) is 35.2 Å². The van der Waals surface area contributed by atoms with Crippen molar-refractivity contribution >= 4 is 21.4 Å². The predicted octanol–water partition coefficient (Wildman–Crippen LogP) is 3.11. The zero-order valence-corrected chi connectivity index (χ0v) is 15.7. The first-order valence-electron chi connectivity index (χ1n) is 8.16. The summed E-state index contributed by atoms with van der Waals surface area (Å²) in [5, 5.41) is 9.10. The van der Waals surface area contributed by atoms with Gasteiger partial charge in [-0.2, -0.15) is 4.31 Å². The normalized spacial score (nSPS) is 19.0. The highest BCUT2D eigenvalue weighted by Crippen LogP contribution is 2.31. The van der Waals surface area contributed by atoms with E-state index in [9.17, 15) is 8.42 Å². The number of aliphatic hydroxyl groups excluding tert-OH is 1. The number of aryl methyl sites for hydroxylation is 2. The van der Waals surface area contributed by atoms with Crippen LogP contribution in [0.5, 0.6) is 0 Å². The van der Waals surface area contributed by atoms with E-state index >= 15 is 0 Å². The summed E-state index contributed by atoms with van der Waals surface area (Å²) >= 11 is 1.54. The molecule has 1 atom stereocenters. The topological polar surface area (TPSA) is 57.6 Å². The molecule has 1 saturated heterocycles. The van der Waals surface area contributed by atoms with Crippen LogP contribution in [0.3, 0.4) is 0 Å². The Hall–Kier alpha value is -1.21. The first kappa shape index (κ1) is 17.6. The SMILES string of the molecule is Cc1cc(S(=O)(=O)N2CCC(Cc3ccc(CO)cc3)C2)c(C)s1. The lowest BCUT2D eigenvalue weighted by Gasteiger charge is -2.16. The summed E-state index contributed by atoms with van der Waals surface area (Å²) in [6.07, 6.45) is 1.77. The molecule has 1 fully saturated rings. The van der Waals surface area contributed by atoms with Crippen molar-refractivity contribution in [2.24, 2.45) is 5.92 Å². The second-order valence-corrected chi connectivity index (χ2v) is 9.84. The van der Waals surface area contributed by atoms with E-state index in [1.54, 1.807) is 10.4 Å². The lowest BCUT2D eigenvalue weighted by molar-refractivity contribution is 0.282. The highest BCUT2D eigenvalue weighted by Gasteiger charge is 2.33. The second-order valence-electron chi connectivity index (χ2n) is 6.47. The number of hydrogen-bond acceptors (Lipinski definition) is 4. The number of thiophene rings is 1.